The molecule has 0 fully saturated rings. The zero-order valence-electron chi connectivity index (χ0n) is 11.1. The van der Waals surface area contributed by atoms with Crippen LogP contribution in [0.4, 0.5) is 0 Å². The Morgan fingerprint density at radius 2 is 2.16 bits per heavy atom. The van der Waals surface area contributed by atoms with Crippen LogP contribution >= 0.6 is 0 Å². The van der Waals surface area contributed by atoms with E-state index in [0.717, 1.165) is 17.4 Å². The van der Waals surface area contributed by atoms with Crippen molar-refractivity contribution in [2.45, 2.75) is 13.3 Å². The fourth-order valence-electron chi connectivity index (χ4n) is 1.69. The minimum atomic E-state index is -0.395. The molecular weight excluding hydrogens is 244 g/mol. The van der Waals surface area contributed by atoms with Gasteiger partial charge in [0, 0.05) is 24.6 Å². The Morgan fingerprint density at radius 1 is 1.37 bits per heavy atom. The van der Waals surface area contributed by atoms with Crippen LogP contribution < -0.4 is 15.1 Å². The highest BCUT2D eigenvalue weighted by Crippen LogP contribution is 2.30. The van der Waals surface area contributed by atoms with E-state index >= 15 is 0 Å². The van der Waals surface area contributed by atoms with Crippen molar-refractivity contribution >= 4 is 11.0 Å². The molecule has 1 aromatic carbocycles. The van der Waals surface area contributed by atoms with Crippen LogP contribution in [0.3, 0.4) is 0 Å². The van der Waals surface area contributed by atoms with E-state index in [2.05, 4.69) is 6.58 Å². The van der Waals surface area contributed by atoms with E-state index in [9.17, 15) is 4.79 Å². The summed E-state index contributed by atoms with van der Waals surface area (Å²) < 4.78 is 16.0. The molecule has 1 aromatic heterocycles. The van der Waals surface area contributed by atoms with Crippen molar-refractivity contribution in [1.29, 1.82) is 0 Å². The number of rotatable bonds is 5. The van der Waals surface area contributed by atoms with Gasteiger partial charge in [-0.2, -0.15) is 0 Å². The van der Waals surface area contributed by atoms with Gasteiger partial charge < -0.3 is 13.9 Å². The first-order valence-electron chi connectivity index (χ1n) is 5.99. The van der Waals surface area contributed by atoms with Crippen molar-refractivity contribution in [1.82, 2.24) is 0 Å². The molecule has 1 heterocycles. The van der Waals surface area contributed by atoms with Crippen LogP contribution in [0.2, 0.25) is 0 Å². The highest BCUT2D eigenvalue weighted by atomic mass is 16.5. The van der Waals surface area contributed by atoms with Crippen molar-refractivity contribution in [3.8, 4) is 11.5 Å². The molecule has 2 aromatic rings. The minimum Gasteiger partial charge on any atom is -0.496 e. The van der Waals surface area contributed by atoms with E-state index in [0.29, 0.717) is 23.7 Å². The van der Waals surface area contributed by atoms with Gasteiger partial charge in [0.25, 0.3) is 0 Å². The summed E-state index contributed by atoms with van der Waals surface area (Å²) in [6, 6.07) is 6.51. The normalized spacial score (nSPS) is 10.4. The van der Waals surface area contributed by atoms with Crippen LogP contribution in [-0.2, 0) is 0 Å². The monoisotopic (exact) mass is 260 g/mol. The van der Waals surface area contributed by atoms with Crippen LogP contribution in [0.25, 0.3) is 11.0 Å². The third-order valence-corrected chi connectivity index (χ3v) is 2.70. The molecule has 0 saturated carbocycles. The van der Waals surface area contributed by atoms with Crippen molar-refractivity contribution < 1.29 is 13.9 Å². The molecule has 0 unspecified atom stereocenters. The average molecular weight is 260 g/mol. The fourth-order valence-corrected chi connectivity index (χ4v) is 1.69. The summed E-state index contributed by atoms with van der Waals surface area (Å²) in [4.78, 5) is 11.2. The molecule has 0 aliphatic carbocycles. The molecule has 0 amide bonds. The first kappa shape index (κ1) is 13.2. The topological polar surface area (TPSA) is 48.7 Å². The number of hydrogen-bond donors (Lipinski definition) is 0. The number of methoxy groups -OCH3 is 1. The van der Waals surface area contributed by atoms with E-state index in [4.69, 9.17) is 13.9 Å². The van der Waals surface area contributed by atoms with Gasteiger partial charge in [-0.05, 0) is 13.0 Å². The van der Waals surface area contributed by atoms with Crippen LogP contribution in [-0.4, -0.2) is 13.7 Å². The van der Waals surface area contributed by atoms with E-state index in [1.165, 1.54) is 6.07 Å². The lowest BCUT2D eigenvalue weighted by Crippen LogP contribution is -2.00. The fraction of sp³-hybridized carbons (Fsp3) is 0.267. The Kier molecular flexibility index (Phi) is 3.90. The highest BCUT2D eigenvalue weighted by molar-refractivity contribution is 5.84. The first-order chi connectivity index (χ1) is 9.10. The molecular formula is C15H16O4. The van der Waals surface area contributed by atoms with Crippen LogP contribution in [0.1, 0.15) is 13.3 Å². The lowest BCUT2D eigenvalue weighted by Gasteiger charge is -2.10. The molecule has 0 spiro atoms. The second-order valence-electron chi connectivity index (χ2n) is 4.35. The van der Waals surface area contributed by atoms with Crippen molar-refractivity contribution in [3.05, 3.63) is 46.8 Å². The summed E-state index contributed by atoms with van der Waals surface area (Å²) in [6.07, 6.45) is 0.773. The summed E-state index contributed by atoms with van der Waals surface area (Å²) in [5.41, 5.74) is 1.12. The molecule has 19 heavy (non-hydrogen) atoms. The number of hydrogen-bond acceptors (Lipinski definition) is 4. The Labute approximate surface area is 111 Å². The Balaban J connectivity index is 2.39. The zero-order valence-corrected chi connectivity index (χ0v) is 11.1. The van der Waals surface area contributed by atoms with Crippen molar-refractivity contribution in [2.24, 2.45) is 0 Å². The Morgan fingerprint density at radius 3 is 2.84 bits per heavy atom. The second kappa shape index (κ2) is 5.61. The zero-order chi connectivity index (χ0) is 13.8. The summed E-state index contributed by atoms with van der Waals surface area (Å²) in [5.74, 6) is 1.23. The standard InChI is InChI=1S/C15H16O4/c1-10(2)6-7-18-13-8-11(17-3)9-14-12(13)4-5-15(16)19-14/h4-5,8-9H,1,6-7H2,2-3H3. The predicted molar refractivity (Wildman–Crippen MR) is 74.0 cm³/mol. The summed E-state index contributed by atoms with van der Waals surface area (Å²) in [5, 5.41) is 0.752. The molecule has 0 aliphatic rings. The van der Waals surface area contributed by atoms with E-state index in [1.54, 1.807) is 25.3 Å². The van der Waals surface area contributed by atoms with Crippen molar-refractivity contribution in [3.63, 3.8) is 0 Å². The Bertz CT molecular complexity index is 655. The molecule has 0 saturated heterocycles. The van der Waals surface area contributed by atoms with Gasteiger partial charge in [-0.3, -0.25) is 0 Å². The smallest absolute Gasteiger partial charge is 0.336 e. The molecule has 0 bridgehead atoms. The van der Waals surface area contributed by atoms with E-state index < -0.39 is 5.63 Å². The van der Waals surface area contributed by atoms with Crippen LogP contribution in [0, 0.1) is 0 Å². The maximum atomic E-state index is 11.2. The predicted octanol–water partition coefficient (Wildman–Crippen LogP) is 3.15. The van der Waals surface area contributed by atoms with Gasteiger partial charge in [-0.1, -0.05) is 5.57 Å². The quantitative estimate of drug-likeness (QED) is 0.612. The number of ether oxygens (including phenoxy) is 2. The van der Waals surface area contributed by atoms with Gasteiger partial charge in [0.2, 0.25) is 0 Å². The lowest BCUT2D eigenvalue weighted by molar-refractivity contribution is 0.322. The minimum absolute atomic E-state index is 0.395. The maximum Gasteiger partial charge on any atom is 0.336 e. The third-order valence-electron chi connectivity index (χ3n) is 2.70. The molecule has 4 heteroatoms. The molecule has 2 rings (SSSR count). The van der Waals surface area contributed by atoms with Gasteiger partial charge in [0.1, 0.15) is 17.1 Å². The molecule has 0 atom stereocenters. The number of fused-ring (bicyclic) bond motifs is 1. The summed E-state index contributed by atoms with van der Waals surface area (Å²) in [7, 11) is 1.56. The maximum absolute atomic E-state index is 11.2. The first-order valence-corrected chi connectivity index (χ1v) is 5.99. The van der Waals surface area contributed by atoms with Crippen LogP contribution in [0.15, 0.2) is 45.6 Å². The van der Waals surface area contributed by atoms with Crippen molar-refractivity contribution in [2.75, 3.05) is 13.7 Å². The molecule has 0 radical (unpaired) electrons. The number of benzene rings is 1. The van der Waals surface area contributed by atoms with Gasteiger partial charge in [0.05, 0.1) is 19.1 Å². The summed E-state index contributed by atoms with van der Waals surface area (Å²) in [6.45, 7) is 6.30. The second-order valence-corrected chi connectivity index (χ2v) is 4.35. The molecule has 4 nitrogen and oxygen atoms in total. The van der Waals surface area contributed by atoms with E-state index in [1.807, 2.05) is 6.92 Å². The largest absolute Gasteiger partial charge is 0.496 e. The van der Waals surface area contributed by atoms with Gasteiger partial charge in [-0.25, -0.2) is 4.79 Å². The molecule has 0 aliphatic heterocycles. The highest BCUT2D eigenvalue weighted by Gasteiger charge is 2.08. The average Bonchev–Trinajstić information content (AvgIpc) is 2.37. The van der Waals surface area contributed by atoms with Crippen LogP contribution in [0.5, 0.6) is 11.5 Å². The van der Waals surface area contributed by atoms with Gasteiger partial charge >= 0.3 is 5.63 Å². The Hall–Kier alpha value is -2.23. The third kappa shape index (κ3) is 3.16. The SMILES string of the molecule is C=C(C)CCOc1cc(OC)cc2oc(=O)ccc12. The van der Waals surface area contributed by atoms with Gasteiger partial charge in [0.15, 0.2) is 0 Å². The lowest BCUT2D eigenvalue weighted by atomic mass is 10.2. The molecule has 100 valence electrons. The van der Waals surface area contributed by atoms with E-state index in [-0.39, 0.29) is 0 Å². The summed E-state index contributed by atoms with van der Waals surface area (Å²) >= 11 is 0. The van der Waals surface area contributed by atoms with Gasteiger partial charge in [-0.15, -0.1) is 6.58 Å². The molecule has 0 N–H and O–H groups in total.